The Labute approximate surface area is 126 Å². The fourth-order valence-electron chi connectivity index (χ4n) is 1.90. The minimum Gasteiger partial charge on any atom is -0.382 e. The summed E-state index contributed by atoms with van der Waals surface area (Å²) in [7, 11) is 0. The second kappa shape index (κ2) is 5.06. The Bertz CT molecular complexity index is 839. The first-order chi connectivity index (χ1) is 10.0. The van der Waals surface area contributed by atoms with Crippen LogP contribution in [0.2, 0.25) is 5.02 Å². The van der Waals surface area contributed by atoms with E-state index in [4.69, 9.17) is 17.3 Å². The molecule has 3 N–H and O–H groups in total. The van der Waals surface area contributed by atoms with Crippen LogP contribution in [0.3, 0.4) is 0 Å². The van der Waals surface area contributed by atoms with E-state index in [1.165, 1.54) is 0 Å². The molecule has 0 radical (unpaired) electrons. The highest BCUT2D eigenvalue weighted by Crippen LogP contribution is 2.24. The number of fused-ring (bicyclic) bond motifs is 1. The first kappa shape index (κ1) is 13.4. The van der Waals surface area contributed by atoms with Gasteiger partial charge in [-0.15, -0.1) is 0 Å². The lowest BCUT2D eigenvalue weighted by atomic mass is 10.2. The van der Waals surface area contributed by atoms with Crippen LogP contribution in [0.5, 0.6) is 0 Å². The average Bonchev–Trinajstić information content (AvgIpc) is 2.82. The number of rotatable bonds is 3. The van der Waals surface area contributed by atoms with Gasteiger partial charge in [0.1, 0.15) is 5.82 Å². The van der Waals surface area contributed by atoms with Gasteiger partial charge in [0.25, 0.3) is 0 Å². The third-order valence-electron chi connectivity index (χ3n) is 2.83. The van der Waals surface area contributed by atoms with Crippen LogP contribution in [0.25, 0.3) is 16.9 Å². The van der Waals surface area contributed by atoms with E-state index in [9.17, 15) is 0 Å². The fraction of sp³-hybridized carbons (Fsp3) is 0.0714. The molecule has 7 heteroatoms. The first-order valence-electron chi connectivity index (χ1n) is 6.23. The van der Waals surface area contributed by atoms with Gasteiger partial charge in [-0.05, 0) is 25.1 Å². The number of nitrogens with zero attached hydrogens (tertiary/aromatic N) is 4. The number of aromatic nitrogens is 4. The number of imidazole rings is 1. The molecule has 0 amide bonds. The molecule has 0 fully saturated rings. The zero-order chi connectivity index (χ0) is 15.0. The van der Waals surface area contributed by atoms with Gasteiger partial charge >= 0.3 is 0 Å². The summed E-state index contributed by atoms with van der Waals surface area (Å²) >= 11 is 5.99. The zero-order valence-electron chi connectivity index (χ0n) is 11.3. The van der Waals surface area contributed by atoms with Crippen molar-refractivity contribution in [3.05, 3.63) is 47.9 Å². The number of hydrogen-bond donors (Lipinski definition) is 2. The van der Waals surface area contributed by atoms with Gasteiger partial charge in [-0.2, -0.15) is 5.10 Å². The Morgan fingerprint density at radius 1 is 1.43 bits per heavy atom. The van der Waals surface area contributed by atoms with Crippen LogP contribution in [0.4, 0.5) is 11.6 Å². The zero-order valence-corrected chi connectivity index (χ0v) is 12.1. The van der Waals surface area contributed by atoms with Crippen molar-refractivity contribution in [2.75, 3.05) is 11.1 Å². The molecule has 0 unspecified atom stereocenters. The van der Waals surface area contributed by atoms with Crippen LogP contribution in [0.15, 0.2) is 42.9 Å². The van der Waals surface area contributed by atoms with Gasteiger partial charge in [-0.1, -0.05) is 18.2 Å². The molecule has 3 heterocycles. The third kappa shape index (κ3) is 2.66. The molecular formula is C14H13ClN6. The van der Waals surface area contributed by atoms with E-state index in [1.807, 2.05) is 19.1 Å². The molecular weight excluding hydrogens is 288 g/mol. The monoisotopic (exact) mass is 300 g/mol. The van der Waals surface area contributed by atoms with Crippen molar-refractivity contribution in [3.63, 3.8) is 0 Å². The Balaban J connectivity index is 2.03. The average molecular weight is 301 g/mol. The van der Waals surface area contributed by atoms with Gasteiger partial charge in [-0.25, -0.2) is 14.5 Å². The molecule has 0 saturated heterocycles. The summed E-state index contributed by atoms with van der Waals surface area (Å²) < 4.78 is 1.69. The number of halogens is 1. The Kier molecular flexibility index (Phi) is 3.23. The van der Waals surface area contributed by atoms with E-state index in [2.05, 4.69) is 27.0 Å². The number of pyridine rings is 1. The maximum Gasteiger partial charge on any atom is 0.156 e. The summed E-state index contributed by atoms with van der Waals surface area (Å²) in [4.78, 5) is 8.42. The van der Waals surface area contributed by atoms with Gasteiger partial charge < -0.3 is 11.1 Å². The topological polar surface area (TPSA) is 81.1 Å². The van der Waals surface area contributed by atoms with Crippen LogP contribution in [0, 0.1) is 0 Å². The van der Waals surface area contributed by atoms with Gasteiger partial charge in [-0.3, -0.25) is 0 Å². The van der Waals surface area contributed by atoms with Crippen molar-refractivity contribution >= 4 is 28.9 Å². The van der Waals surface area contributed by atoms with E-state index in [-0.39, 0.29) is 0 Å². The molecule has 3 aromatic heterocycles. The standard InChI is InChI=1S/C14H13ClN6/c1-8(2)18-12-7-21-13(19-12)4-3-11(20-21)9-5-10(15)14(16)17-6-9/h3-7,18H,1H2,2H3,(H2,16,17). The second-order valence-corrected chi connectivity index (χ2v) is 5.05. The van der Waals surface area contributed by atoms with E-state index in [1.54, 1.807) is 23.0 Å². The number of anilines is 2. The summed E-state index contributed by atoms with van der Waals surface area (Å²) in [6.07, 6.45) is 3.43. The molecule has 21 heavy (non-hydrogen) atoms. The van der Waals surface area contributed by atoms with E-state index in [0.29, 0.717) is 16.7 Å². The Morgan fingerprint density at radius 3 is 2.95 bits per heavy atom. The van der Waals surface area contributed by atoms with E-state index in [0.717, 1.165) is 22.6 Å². The van der Waals surface area contributed by atoms with Gasteiger partial charge in [0.2, 0.25) is 0 Å². The number of hydrogen-bond acceptors (Lipinski definition) is 5. The molecule has 0 spiro atoms. The van der Waals surface area contributed by atoms with Crippen molar-refractivity contribution in [2.24, 2.45) is 0 Å². The van der Waals surface area contributed by atoms with Crippen molar-refractivity contribution in [3.8, 4) is 11.3 Å². The Hall–Kier alpha value is -2.60. The van der Waals surface area contributed by atoms with Gasteiger partial charge in [0.05, 0.1) is 16.9 Å². The van der Waals surface area contributed by atoms with Crippen molar-refractivity contribution in [1.82, 2.24) is 19.6 Å². The molecule has 0 saturated carbocycles. The van der Waals surface area contributed by atoms with Crippen molar-refractivity contribution in [2.45, 2.75) is 6.92 Å². The minimum atomic E-state index is 0.303. The lowest BCUT2D eigenvalue weighted by Crippen LogP contribution is -1.96. The molecule has 0 atom stereocenters. The summed E-state index contributed by atoms with van der Waals surface area (Å²) in [5, 5.41) is 7.95. The number of nitrogens with two attached hydrogens (primary N) is 1. The second-order valence-electron chi connectivity index (χ2n) is 4.64. The van der Waals surface area contributed by atoms with E-state index < -0.39 is 0 Å². The molecule has 0 aliphatic rings. The molecule has 6 nitrogen and oxygen atoms in total. The van der Waals surface area contributed by atoms with Crippen molar-refractivity contribution < 1.29 is 0 Å². The summed E-state index contributed by atoms with van der Waals surface area (Å²) in [5.41, 5.74) is 8.68. The van der Waals surface area contributed by atoms with Crippen LogP contribution in [0.1, 0.15) is 6.92 Å². The lowest BCUT2D eigenvalue weighted by molar-refractivity contribution is 0.942. The van der Waals surface area contributed by atoms with Crippen LogP contribution in [-0.2, 0) is 0 Å². The molecule has 106 valence electrons. The van der Waals surface area contributed by atoms with Crippen LogP contribution >= 0.6 is 11.6 Å². The van der Waals surface area contributed by atoms with Crippen LogP contribution < -0.4 is 11.1 Å². The molecule has 3 aromatic rings. The van der Waals surface area contributed by atoms with E-state index >= 15 is 0 Å². The maximum absolute atomic E-state index is 5.99. The van der Waals surface area contributed by atoms with Gasteiger partial charge in [0.15, 0.2) is 11.5 Å². The molecule has 0 aliphatic heterocycles. The highest BCUT2D eigenvalue weighted by molar-refractivity contribution is 6.33. The fourth-order valence-corrected chi connectivity index (χ4v) is 2.07. The highest BCUT2D eigenvalue weighted by atomic mass is 35.5. The summed E-state index contributed by atoms with van der Waals surface area (Å²) in [6, 6.07) is 5.47. The quantitative estimate of drug-likeness (QED) is 0.777. The third-order valence-corrected chi connectivity index (χ3v) is 3.13. The smallest absolute Gasteiger partial charge is 0.156 e. The molecule has 3 rings (SSSR count). The first-order valence-corrected chi connectivity index (χ1v) is 6.61. The lowest BCUT2D eigenvalue weighted by Gasteiger charge is -2.03. The summed E-state index contributed by atoms with van der Waals surface area (Å²) in [6.45, 7) is 5.65. The van der Waals surface area contributed by atoms with Crippen molar-refractivity contribution in [1.29, 1.82) is 0 Å². The Morgan fingerprint density at radius 2 is 2.24 bits per heavy atom. The molecule has 0 bridgehead atoms. The van der Waals surface area contributed by atoms with Crippen LogP contribution in [-0.4, -0.2) is 19.6 Å². The predicted octanol–water partition coefficient (Wildman–Crippen LogP) is 2.97. The van der Waals surface area contributed by atoms with Gasteiger partial charge in [0, 0.05) is 17.5 Å². The maximum atomic E-state index is 5.99. The summed E-state index contributed by atoms with van der Waals surface area (Å²) in [5.74, 6) is 0.998. The minimum absolute atomic E-state index is 0.303. The highest BCUT2D eigenvalue weighted by Gasteiger charge is 2.07. The number of allylic oxidation sites excluding steroid dienone is 1. The number of nitrogens with one attached hydrogen (secondary N) is 1. The largest absolute Gasteiger partial charge is 0.382 e. The predicted molar refractivity (Wildman–Crippen MR) is 84.1 cm³/mol. The molecule has 0 aromatic carbocycles. The number of nitrogen functional groups attached to an aromatic ring is 1. The normalized spacial score (nSPS) is 10.8. The molecule has 0 aliphatic carbocycles. The SMILES string of the molecule is C=C(C)Nc1cn2nc(-c3cnc(N)c(Cl)c3)ccc2n1.